The zero-order valence-electron chi connectivity index (χ0n) is 18.8. The number of aliphatic imine (C=N–C) groups is 1. The molecule has 0 radical (unpaired) electrons. The van der Waals surface area contributed by atoms with E-state index < -0.39 is 0 Å². The van der Waals surface area contributed by atoms with Crippen LogP contribution in [0, 0.1) is 11.7 Å². The van der Waals surface area contributed by atoms with E-state index >= 15 is 0 Å². The highest BCUT2D eigenvalue weighted by Gasteiger charge is 2.25. The minimum absolute atomic E-state index is 0.0870. The molecule has 2 aliphatic rings. The van der Waals surface area contributed by atoms with Crippen LogP contribution in [0.2, 0.25) is 0 Å². The molecule has 3 rings (SSSR count). The quantitative estimate of drug-likeness (QED) is 0.509. The molecule has 0 aromatic heterocycles. The first-order valence-electron chi connectivity index (χ1n) is 11.4. The van der Waals surface area contributed by atoms with Gasteiger partial charge < -0.3 is 20.3 Å². The Morgan fingerprint density at radius 2 is 1.87 bits per heavy atom. The molecule has 1 aromatic rings. The molecule has 31 heavy (non-hydrogen) atoms. The van der Waals surface area contributed by atoms with Crippen LogP contribution in [0.1, 0.15) is 37.8 Å². The second-order valence-electron chi connectivity index (χ2n) is 8.22. The average molecular weight is 434 g/mol. The summed E-state index contributed by atoms with van der Waals surface area (Å²) in [5.41, 5.74) is 1.08. The Hall–Kier alpha value is -2.19. The fourth-order valence-electron chi connectivity index (χ4n) is 4.32. The summed E-state index contributed by atoms with van der Waals surface area (Å²) in [6.07, 6.45) is 2.58. The zero-order chi connectivity index (χ0) is 22.1. The Morgan fingerprint density at radius 1 is 1.19 bits per heavy atom. The maximum atomic E-state index is 13.5. The number of guanidine groups is 1. The lowest BCUT2D eigenvalue weighted by molar-refractivity contribution is -0.121. The lowest BCUT2D eigenvalue weighted by Gasteiger charge is -2.36. The summed E-state index contributed by atoms with van der Waals surface area (Å²) < 4.78 is 19.0. The van der Waals surface area contributed by atoms with E-state index in [1.54, 1.807) is 7.05 Å². The molecule has 2 saturated heterocycles. The summed E-state index contributed by atoms with van der Waals surface area (Å²) in [6, 6.07) is 6.86. The molecule has 1 aromatic carbocycles. The van der Waals surface area contributed by atoms with Crippen molar-refractivity contribution < 1.29 is 13.9 Å². The molecular formula is C23H36FN5O2. The summed E-state index contributed by atoms with van der Waals surface area (Å²) in [5, 5.41) is 6.16. The Labute approximate surface area is 185 Å². The first kappa shape index (κ1) is 23.5. The highest BCUT2D eigenvalue weighted by Crippen LogP contribution is 2.24. The molecular weight excluding hydrogens is 397 g/mol. The molecule has 2 fully saturated rings. The molecule has 1 amide bonds. The number of amides is 1. The van der Waals surface area contributed by atoms with E-state index in [-0.39, 0.29) is 17.8 Å². The fourth-order valence-corrected chi connectivity index (χ4v) is 4.32. The molecule has 0 spiro atoms. The van der Waals surface area contributed by atoms with Crippen LogP contribution in [0.5, 0.6) is 0 Å². The van der Waals surface area contributed by atoms with E-state index in [0.717, 1.165) is 57.1 Å². The molecule has 0 aliphatic carbocycles. The van der Waals surface area contributed by atoms with Gasteiger partial charge in [0.2, 0.25) is 5.91 Å². The van der Waals surface area contributed by atoms with Gasteiger partial charge in [-0.25, -0.2) is 4.39 Å². The minimum atomic E-state index is -0.221. The molecule has 7 nitrogen and oxygen atoms in total. The van der Waals surface area contributed by atoms with E-state index in [1.807, 2.05) is 12.1 Å². The van der Waals surface area contributed by atoms with Crippen molar-refractivity contribution in [1.29, 1.82) is 0 Å². The molecule has 2 heterocycles. The van der Waals surface area contributed by atoms with Crippen LogP contribution in [-0.4, -0.2) is 81.2 Å². The van der Waals surface area contributed by atoms with Crippen molar-refractivity contribution in [2.24, 2.45) is 10.9 Å². The third-order valence-electron chi connectivity index (χ3n) is 6.16. The molecule has 1 atom stereocenters. The van der Waals surface area contributed by atoms with E-state index in [0.29, 0.717) is 32.1 Å². The van der Waals surface area contributed by atoms with E-state index in [1.165, 1.54) is 12.1 Å². The van der Waals surface area contributed by atoms with Gasteiger partial charge in [-0.3, -0.25) is 14.7 Å². The summed E-state index contributed by atoms with van der Waals surface area (Å²) >= 11 is 0. The van der Waals surface area contributed by atoms with Gasteiger partial charge in [-0.15, -0.1) is 0 Å². The second-order valence-corrected chi connectivity index (χ2v) is 8.22. The van der Waals surface area contributed by atoms with E-state index in [4.69, 9.17) is 9.73 Å². The average Bonchev–Trinajstić information content (AvgIpc) is 2.81. The van der Waals surface area contributed by atoms with Gasteiger partial charge in [0, 0.05) is 46.2 Å². The molecule has 0 saturated carbocycles. The molecule has 1 unspecified atom stereocenters. The van der Waals surface area contributed by atoms with Crippen molar-refractivity contribution >= 4 is 11.9 Å². The van der Waals surface area contributed by atoms with Crippen molar-refractivity contribution in [1.82, 2.24) is 20.4 Å². The van der Waals surface area contributed by atoms with Crippen LogP contribution in [0.4, 0.5) is 4.39 Å². The number of nitrogens with zero attached hydrogens (tertiary/aromatic N) is 3. The third-order valence-corrected chi connectivity index (χ3v) is 6.16. The van der Waals surface area contributed by atoms with Crippen LogP contribution in [0.25, 0.3) is 0 Å². The summed E-state index contributed by atoms with van der Waals surface area (Å²) in [6.45, 7) is 8.38. The predicted molar refractivity (Wildman–Crippen MR) is 120 cm³/mol. The smallest absolute Gasteiger partial charge is 0.220 e. The van der Waals surface area contributed by atoms with Crippen LogP contribution >= 0.6 is 0 Å². The van der Waals surface area contributed by atoms with Crippen molar-refractivity contribution in [2.75, 3.05) is 59.5 Å². The number of nitrogens with one attached hydrogen (secondary N) is 2. The Bertz CT molecular complexity index is 713. The standard InChI is InChI=1S/C23H36FN5O2/c1-3-26-23(29-10-8-18(9-11-29)16-22(30)25-2)27-17-21(28-12-14-31-15-13-28)19-4-6-20(24)7-5-19/h4-7,18,21H,3,8-17H2,1-2H3,(H,25,30)(H,26,27). The number of likely N-dealkylation sites (tertiary alicyclic amines) is 1. The Morgan fingerprint density at radius 3 is 2.48 bits per heavy atom. The topological polar surface area (TPSA) is 69.2 Å². The highest BCUT2D eigenvalue weighted by molar-refractivity contribution is 5.80. The zero-order valence-corrected chi connectivity index (χ0v) is 18.8. The lowest BCUT2D eigenvalue weighted by atomic mass is 9.93. The van der Waals surface area contributed by atoms with E-state index in [9.17, 15) is 9.18 Å². The molecule has 172 valence electrons. The number of halogens is 1. The number of carbonyl (C=O) groups excluding carboxylic acids is 1. The first-order valence-corrected chi connectivity index (χ1v) is 11.4. The molecule has 2 N–H and O–H groups in total. The summed E-state index contributed by atoms with van der Waals surface area (Å²) in [7, 11) is 1.69. The Balaban J connectivity index is 1.68. The second kappa shape index (κ2) is 12.0. The van der Waals surface area contributed by atoms with Crippen molar-refractivity contribution in [3.05, 3.63) is 35.6 Å². The SMILES string of the molecule is CCNC(=NCC(c1ccc(F)cc1)N1CCOCC1)N1CCC(CC(=O)NC)CC1. The normalized spacial score (nSPS) is 19.8. The first-order chi connectivity index (χ1) is 15.1. The van der Waals surface area contributed by atoms with Gasteiger partial charge in [-0.05, 0) is 43.4 Å². The molecule has 2 aliphatic heterocycles. The molecule has 8 heteroatoms. The fraction of sp³-hybridized carbons (Fsp3) is 0.652. The van der Waals surface area contributed by atoms with Gasteiger partial charge in [-0.2, -0.15) is 0 Å². The van der Waals surface area contributed by atoms with Gasteiger partial charge in [0.15, 0.2) is 5.96 Å². The third kappa shape index (κ3) is 6.90. The maximum absolute atomic E-state index is 13.5. The van der Waals surface area contributed by atoms with Crippen LogP contribution in [-0.2, 0) is 9.53 Å². The van der Waals surface area contributed by atoms with Crippen molar-refractivity contribution in [2.45, 2.75) is 32.2 Å². The summed E-state index contributed by atoms with van der Waals surface area (Å²) in [4.78, 5) is 21.3. The predicted octanol–water partition coefficient (Wildman–Crippen LogP) is 2.01. The summed E-state index contributed by atoms with van der Waals surface area (Å²) in [5.74, 6) is 1.24. The monoisotopic (exact) mass is 433 g/mol. The van der Waals surface area contributed by atoms with Crippen LogP contribution in [0.15, 0.2) is 29.3 Å². The van der Waals surface area contributed by atoms with Gasteiger partial charge >= 0.3 is 0 Å². The number of ether oxygens (including phenoxy) is 1. The number of carbonyl (C=O) groups is 1. The lowest BCUT2D eigenvalue weighted by Crippen LogP contribution is -2.46. The number of hydrogen-bond acceptors (Lipinski definition) is 4. The number of piperidine rings is 1. The number of benzene rings is 1. The van der Waals surface area contributed by atoms with Gasteiger partial charge in [0.05, 0.1) is 25.8 Å². The van der Waals surface area contributed by atoms with Crippen molar-refractivity contribution in [3.63, 3.8) is 0 Å². The number of rotatable bonds is 7. The highest BCUT2D eigenvalue weighted by atomic mass is 19.1. The van der Waals surface area contributed by atoms with Gasteiger partial charge in [-0.1, -0.05) is 12.1 Å². The minimum Gasteiger partial charge on any atom is -0.379 e. The maximum Gasteiger partial charge on any atom is 0.220 e. The largest absolute Gasteiger partial charge is 0.379 e. The van der Waals surface area contributed by atoms with Gasteiger partial charge in [0.1, 0.15) is 5.82 Å². The van der Waals surface area contributed by atoms with Crippen LogP contribution in [0.3, 0.4) is 0 Å². The molecule has 0 bridgehead atoms. The Kier molecular flexibility index (Phi) is 9.09. The number of morpholine rings is 1. The van der Waals surface area contributed by atoms with Gasteiger partial charge in [0.25, 0.3) is 0 Å². The van der Waals surface area contributed by atoms with E-state index in [2.05, 4.69) is 27.4 Å². The number of hydrogen-bond donors (Lipinski definition) is 2. The van der Waals surface area contributed by atoms with Crippen LogP contribution < -0.4 is 10.6 Å². The van der Waals surface area contributed by atoms with Crippen molar-refractivity contribution in [3.8, 4) is 0 Å².